The van der Waals surface area contributed by atoms with Crippen molar-refractivity contribution in [1.29, 1.82) is 0 Å². The second-order valence-electron chi connectivity index (χ2n) is 13.1. The van der Waals surface area contributed by atoms with Crippen LogP contribution in [0.4, 0.5) is 9.59 Å². The van der Waals surface area contributed by atoms with E-state index in [9.17, 15) is 19.2 Å². The second kappa shape index (κ2) is 28.0. The zero-order valence-electron chi connectivity index (χ0n) is 30.5. The lowest BCUT2D eigenvalue weighted by atomic mass is 10.0. The van der Waals surface area contributed by atoms with Gasteiger partial charge in [-0.15, -0.1) is 0 Å². The average molecular weight is 695 g/mol. The van der Waals surface area contributed by atoms with E-state index in [2.05, 4.69) is 21.3 Å². The van der Waals surface area contributed by atoms with E-state index >= 15 is 0 Å². The minimum absolute atomic E-state index is 0.134. The molecule has 50 heavy (non-hydrogen) atoms. The molecule has 0 saturated carbocycles. The quantitative estimate of drug-likeness (QED) is 0.0690. The SMILES string of the molecule is C[C@H](NCCCCCCCCCCCCCCCCCCN[C@@H](C)C(=O)NC(=O)OCc1ccccc1)C(=O)NC(=O)OCc1ccccc1. The molecule has 2 rings (SSSR count). The molecule has 0 unspecified atom stereocenters. The van der Waals surface area contributed by atoms with Crippen molar-refractivity contribution in [3.05, 3.63) is 71.8 Å². The van der Waals surface area contributed by atoms with Crippen molar-refractivity contribution >= 4 is 24.0 Å². The minimum Gasteiger partial charge on any atom is -0.444 e. The third kappa shape index (κ3) is 22.1. The fourth-order valence-corrected chi connectivity index (χ4v) is 5.48. The number of nitrogens with one attached hydrogen (secondary N) is 4. The Kier molecular flexibility index (Phi) is 23.7. The Labute approximate surface area is 300 Å². The number of hydrogen-bond acceptors (Lipinski definition) is 8. The number of hydrogen-bond donors (Lipinski definition) is 4. The smallest absolute Gasteiger partial charge is 0.414 e. The van der Waals surface area contributed by atoms with Crippen LogP contribution in [-0.4, -0.2) is 49.2 Å². The molecule has 0 aliphatic heterocycles. The maximum absolute atomic E-state index is 12.2. The highest BCUT2D eigenvalue weighted by Gasteiger charge is 2.17. The number of ether oxygens (including phenoxy) is 2. The van der Waals surface area contributed by atoms with Gasteiger partial charge in [0.25, 0.3) is 0 Å². The molecule has 0 bridgehead atoms. The summed E-state index contributed by atoms with van der Waals surface area (Å²) in [6.45, 7) is 5.28. The lowest BCUT2D eigenvalue weighted by molar-refractivity contribution is -0.123. The van der Waals surface area contributed by atoms with Crippen molar-refractivity contribution in [2.75, 3.05) is 13.1 Å². The molecule has 0 aliphatic rings. The Bertz CT molecular complexity index is 1100. The van der Waals surface area contributed by atoms with Gasteiger partial charge >= 0.3 is 12.2 Å². The summed E-state index contributed by atoms with van der Waals surface area (Å²) in [6.07, 6.45) is 18.3. The van der Waals surface area contributed by atoms with Crippen LogP contribution in [0.25, 0.3) is 0 Å². The van der Waals surface area contributed by atoms with Gasteiger partial charge in [0.05, 0.1) is 12.1 Å². The summed E-state index contributed by atoms with van der Waals surface area (Å²) in [5, 5.41) is 11.0. The molecule has 10 nitrogen and oxygen atoms in total. The first-order chi connectivity index (χ1) is 24.3. The van der Waals surface area contributed by atoms with E-state index in [1.54, 1.807) is 13.8 Å². The molecule has 2 aromatic rings. The predicted molar refractivity (Wildman–Crippen MR) is 198 cm³/mol. The number of amides is 4. The van der Waals surface area contributed by atoms with Crippen molar-refractivity contribution < 1.29 is 28.7 Å². The Balaban J connectivity index is 1.27. The fourth-order valence-electron chi connectivity index (χ4n) is 5.48. The molecule has 0 aliphatic carbocycles. The minimum atomic E-state index is -0.723. The number of imide groups is 2. The summed E-state index contributed by atoms with van der Waals surface area (Å²) < 4.78 is 10.2. The van der Waals surface area contributed by atoms with Crippen LogP contribution in [0.3, 0.4) is 0 Å². The maximum Gasteiger partial charge on any atom is 0.414 e. The molecule has 2 atom stereocenters. The van der Waals surface area contributed by atoms with Gasteiger partial charge in [0.2, 0.25) is 11.8 Å². The molecule has 2 aromatic carbocycles. The first-order valence-corrected chi connectivity index (χ1v) is 18.8. The van der Waals surface area contributed by atoms with Gasteiger partial charge in [-0.05, 0) is 50.9 Å². The van der Waals surface area contributed by atoms with Gasteiger partial charge in [-0.3, -0.25) is 20.2 Å². The second-order valence-corrected chi connectivity index (χ2v) is 13.1. The van der Waals surface area contributed by atoms with E-state index in [0.717, 1.165) is 49.9 Å². The Hall–Kier alpha value is -3.76. The molecule has 0 spiro atoms. The van der Waals surface area contributed by atoms with E-state index in [-0.39, 0.29) is 25.0 Å². The zero-order chi connectivity index (χ0) is 36.1. The van der Waals surface area contributed by atoms with Crippen LogP contribution in [0.2, 0.25) is 0 Å². The molecular weight excluding hydrogens is 632 g/mol. The normalized spacial score (nSPS) is 12.1. The van der Waals surface area contributed by atoms with Gasteiger partial charge in [0.1, 0.15) is 13.2 Å². The van der Waals surface area contributed by atoms with Crippen LogP contribution in [0.1, 0.15) is 128 Å². The third-order valence-corrected chi connectivity index (χ3v) is 8.67. The molecular formula is C40H62N4O6. The highest BCUT2D eigenvalue weighted by Crippen LogP contribution is 2.14. The van der Waals surface area contributed by atoms with Gasteiger partial charge < -0.3 is 20.1 Å². The van der Waals surface area contributed by atoms with Crippen LogP contribution < -0.4 is 21.3 Å². The summed E-state index contributed by atoms with van der Waals surface area (Å²) in [5.74, 6) is -0.748. The zero-order valence-corrected chi connectivity index (χ0v) is 30.5. The monoisotopic (exact) mass is 694 g/mol. The van der Waals surface area contributed by atoms with E-state index in [0.29, 0.717) is 0 Å². The highest BCUT2D eigenvalue weighted by molar-refractivity contribution is 5.95. The maximum atomic E-state index is 12.2. The first-order valence-electron chi connectivity index (χ1n) is 18.8. The van der Waals surface area contributed by atoms with Crippen LogP contribution in [0.15, 0.2) is 60.7 Å². The molecule has 0 aromatic heterocycles. The Morgan fingerprint density at radius 2 is 0.740 bits per heavy atom. The lowest BCUT2D eigenvalue weighted by Crippen LogP contribution is -2.45. The van der Waals surface area contributed by atoms with E-state index in [4.69, 9.17) is 9.47 Å². The summed E-state index contributed by atoms with van der Waals surface area (Å²) in [5.41, 5.74) is 1.75. The largest absolute Gasteiger partial charge is 0.444 e. The van der Waals surface area contributed by atoms with Crippen molar-refractivity contribution in [1.82, 2.24) is 21.3 Å². The average Bonchev–Trinajstić information content (AvgIpc) is 3.12. The summed E-state index contributed by atoms with van der Waals surface area (Å²) in [6, 6.07) is 17.8. The number of unbranched alkanes of at least 4 members (excludes halogenated alkanes) is 15. The van der Waals surface area contributed by atoms with Crippen LogP contribution >= 0.6 is 0 Å². The van der Waals surface area contributed by atoms with Gasteiger partial charge in [-0.2, -0.15) is 0 Å². The number of alkyl carbamates (subject to hydrolysis) is 2. The number of carbonyl (C=O) groups excluding carboxylic acids is 4. The molecule has 0 heterocycles. The lowest BCUT2D eigenvalue weighted by Gasteiger charge is -2.13. The molecule has 4 N–H and O–H groups in total. The highest BCUT2D eigenvalue weighted by atomic mass is 16.6. The van der Waals surface area contributed by atoms with Crippen LogP contribution in [0.5, 0.6) is 0 Å². The van der Waals surface area contributed by atoms with E-state index in [1.165, 1.54) is 77.0 Å². The predicted octanol–water partition coefficient (Wildman–Crippen LogP) is 8.09. The van der Waals surface area contributed by atoms with E-state index in [1.807, 2.05) is 60.7 Å². The fraction of sp³-hybridized carbons (Fsp3) is 0.600. The van der Waals surface area contributed by atoms with Crippen molar-refractivity contribution in [3.8, 4) is 0 Å². The molecule has 0 saturated heterocycles. The van der Waals surface area contributed by atoms with Gasteiger partial charge in [-0.25, -0.2) is 9.59 Å². The van der Waals surface area contributed by atoms with Crippen LogP contribution in [0, 0.1) is 0 Å². The summed E-state index contributed by atoms with van der Waals surface area (Å²) in [4.78, 5) is 48.1. The van der Waals surface area contributed by atoms with Crippen molar-refractivity contribution in [3.63, 3.8) is 0 Å². The summed E-state index contributed by atoms with van der Waals surface area (Å²) >= 11 is 0. The standard InChI is InChI=1S/C40H62N4O6/c1-33(37(45)43-39(47)49-31-35-25-19-17-20-26-35)41-29-23-15-13-11-9-7-5-3-4-6-8-10-12-14-16-24-30-42-34(2)38(46)44-40(48)50-32-36-27-21-18-22-28-36/h17-22,25-28,33-34,41-42H,3-16,23-24,29-32H2,1-2H3,(H,43,45,47)(H,44,46,48)/t33-,34-/m0/s1. The molecule has 4 amide bonds. The number of rotatable bonds is 27. The van der Waals surface area contributed by atoms with Crippen molar-refractivity contribution in [2.45, 2.75) is 142 Å². The van der Waals surface area contributed by atoms with Gasteiger partial charge in [0, 0.05) is 0 Å². The molecule has 0 radical (unpaired) electrons. The van der Waals surface area contributed by atoms with Crippen molar-refractivity contribution in [2.24, 2.45) is 0 Å². The first kappa shape index (κ1) is 42.4. The third-order valence-electron chi connectivity index (χ3n) is 8.67. The number of carbonyl (C=O) groups is 4. The van der Waals surface area contributed by atoms with Gasteiger partial charge in [-0.1, -0.05) is 151 Å². The van der Waals surface area contributed by atoms with Crippen LogP contribution in [-0.2, 0) is 32.3 Å². The molecule has 10 heteroatoms. The Morgan fingerprint density at radius 1 is 0.460 bits per heavy atom. The summed E-state index contributed by atoms with van der Waals surface area (Å²) in [7, 11) is 0. The molecule has 0 fully saturated rings. The van der Waals surface area contributed by atoms with Gasteiger partial charge in [0.15, 0.2) is 0 Å². The number of benzene rings is 2. The topological polar surface area (TPSA) is 135 Å². The van der Waals surface area contributed by atoms with E-state index < -0.39 is 24.3 Å². The molecule has 278 valence electrons. The Morgan fingerprint density at radius 3 is 1.04 bits per heavy atom.